The van der Waals surface area contributed by atoms with Crippen molar-refractivity contribution in [2.45, 2.75) is 26.2 Å². The lowest BCUT2D eigenvalue weighted by molar-refractivity contribution is 0.483. The summed E-state index contributed by atoms with van der Waals surface area (Å²) in [5.74, 6) is 2.46. The molecule has 6 nitrogen and oxygen atoms in total. The highest BCUT2D eigenvalue weighted by molar-refractivity contribution is 6.19. The molecule has 0 radical (unpaired) electrons. The third-order valence-corrected chi connectivity index (χ3v) is 10.8. The molecule has 0 bridgehead atoms. The monoisotopic (exact) mass is 689 g/mol. The maximum absolute atomic E-state index is 6.70. The zero-order valence-electron chi connectivity index (χ0n) is 30.3. The van der Waals surface area contributed by atoms with E-state index in [1.165, 1.54) is 49.5 Å². The normalized spacial score (nSPS) is 13.1. The van der Waals surface area contributed by atoms with Gasteiger partial charge in [-0.1, -0.05) is 81.4 Å². The Bertz CT molecular complexity index is 2860. The molecular weight excluding hydrogens is 651 g/mol. The maximum Gasteiger partial charge on any atom is 0.137 e. The summed E-state index contributed by atoms with van der Waals surface area (Å²) in [5, 5.41) is 4.88. The summed E-state index contributed by atoms with van der Waals surface area (Å²) in [4.78, 5) is 9.69. The molecule has 53 heavy (non-hydrogen) atoms. The SMILES string of the molecule is Cn1c2ccccc2c2c3c(ccc21)N(c1cccc(Oc2ccc4c5ccccc5n(-c5cc(C(C)(C)C)ccn5)c4c2)c1)CN3c1ccccc1. The third kappa shape index (κ3) is 4.97. The minimum Gasteiger partial charge on any atom is -0.457 e. The van der Waals surface area contributed by atoms with Crippen LogP contribution < -0.4 is 14.5 Å². The Morgan fingerprint density at radius 1 is 0.566 bits per heavy atom. The lowest BCUT2D eigenvalue weighted by Gasteiger charge is -2.22. The van der Waals surface area contributed by atoms with E-state index in [2.05, 4.69) is 186 Å². The van der Waals surface area contributed by atoms with Crippen LogP contribution in [0.4, 0.5) is 22.7 Å². The standard InChI is InChI=1S/C47H39N5O/c1-47(2,3)31-25-26-48-44(27-31)52-40-20-11-8-17-36(40)37-22-21-35(29-43(37)52)53-34-16-12-15-33(28-34)50-30-51(32-13-6-5-7-14-32)46-42(50)24-23-41-45(46)38-18-9-10-19-39(38)49(41)4/h5-29H,30H2,1-4H3. The number of aromatic nitrogens is 3. The minimum absolute atomic E-state index is 0.00457. The molecule has 0 atom stereocenters. The van der Waals surface area contributed by atoms with Gasteiger partial charge in [-0.05, 0) is 83.8 Å². The molecule has 0 aliphatic carbocycles. The van der Waals surface area contributed by atoms with Gasteiger partial charge in [-0.3, -0.25) is 4.57 Å². The van der Waals surface area contributed by atoms with Crippen molar-refractivity contribution < 1.29 is 4.74 Å². The fourth-order valence-electron chi connectivity index (χ4n) is 8.16. The Morgan fingerprint density at radius 3 is 2.11 bits per heavy atom. The Kier molecular flexibility index (Phi) is 6.92. The maximum atomic E-state index is 6.70. The van der Waals surface area contributed by atoms with Crippen LogP contribution in [0, 0.1) is 0 Å². The highest BCUT2D eigenvalue weighted by Crippen LogP contribution is 2.51. The number of para-hydroxylation sites is 3. The molecule has 258 valence electrons. The van der Waals surface area contributed by atoms with Crippen molar-refractivity contribution >= 4 is 66.4 Å². The number of aryl methyl sites for hydroxylation is 1. The Balaban J connectivity index is 1.06. The highest BCUT2D eigenvalue weighted by atomic mass is 16.5. The zero-order chi connectivity index (χ0) is 35.8. The van der Waals surface area contributed by atoms with Crippen LogP contribution in [0.2, 0.25) is 0 Å². The molecule has 1 aliphatic heterocycles. The number of hydrogen-bond acceptors (Lipinski definition) is 4. The van der Waals surface area contributed by atoms with Gasteiger partial charge >= 0.3 is 0 Å². The second-order valence-electron chi connectivity index (χ2n) is 15.0. The van der Waals surface area contributed by atoms with Gasteiger partial charge in [0.15, 0.2) is 0 Å². The third-order valence-electron chi connectivity index (χ3n) is 10.8. The van der Waals surface area contributed by atoms with Gasteiger partial charge < -0.3 is 19.1 Å². The van der Waals surface area contributed by atoms with Crippen LogP contribution in [-0.4, -0.2) is 20.8 Å². The fourth-order valence-corrected chi connectivity index (χ4v) is 8.16. The van der Waals surface area contributed by atoms with Crippen LogP contribution >= 0.6 is 0 Å². The molecule has 9 aromatic rings. The van der Waals surface area contributed by atoms with Crippen molar-refractivity contribution in [3.63, 3.8) is 0 Å². The molecule has 1 aliphatic rings. The molecule has 0 fully saturated rings. The second-order valence-corrected chi connectivity index (χ2v) is 15.0. The Hall–Kier alpha value is -6.53. The number of hydrogen-bond donors (Lipinski definition) is 0. The predicted molar refractivity (Wildman–Crippen MR) is 220 cm³/mol. The number of benzene rings is 6. The van der Waals surface area contributed by atoms with E-state index < -0.39 is 0 Å². The van der Waals surface area contributed by atoms with Crippen molar-refractivity contribution in [3.05, 3.63) is 157 Å². The first-order chi connectivity index (χ1) is 25.8. The van der Waals surface area contributed by atoms with Crippen molar-refractivity contribution in [3.8, 4) is 17.3 Å². The molecule has 0 saturated heterocycles. The number of ether oxygens (including phenoxy) is 1. The molecule has 0 N–H and O–H groups in total. The van der Waals surface area contributed by atoms with Gasteiger partial charge in [0.25, 0.3) is 0 Å². The van der Waals surface area contributed by atoms with Crippen molar-refractivity contribution in [1.82, 2.24) is 14.1 Å². The van der Waals surface area contributed by atoms with Gasteiger partial charge in [-0.2, -0.15) is 0 Å². The average Bonchev–Trinajstić information content (AvgIpc) is 3.83. The van der Waals surface area contributed by atoms with Crippen LogP contribution in [0.15, 0.2) is 152 Å². The first-order valence-corrected chi connectivity index (χ1v) is 18.2. The van der Waals surface area contributed by atoms with Crippen molar-refractivity contribution in [2.75, 3.05) is 16.5 Å². The van der Waals surface area contributed by atoms with E-state index in [-0.39, 0.29) is 5.41 Å². The van der Waals surface area contributed by atoms with Crippen LogP contribution in [0.1, 0.15) is 26.3 Å². The van der Waals surface area contributed by atoms with Gasteiger partial charge in [0.05, 0.1) is 27.9 Å². The van der Waals surface area contributed by atoms with Gasteiger partial charge in [-0.25, -0.2) is 4.98 Å². The molecule has 6 aromatic carbocycles. The molecule has 6 heteroatoms. The lowest BCUT2D eigenvalue weighted by atomic mass is 9.88. The molecule has 0 amide bonds. The summed E-state index contributed by atoms with van der Waals surface area (Å²) >= 11 is 0. The molecule has 4 heterocycles. The van der Waals surface area contributed by atoms with Crippen LogP contribution in [0.3, 0.4) is 0 Å². The zero-order valence-corrected chi connectivity index (χ0v) is 30.3. The largest absolute Gasteiger partial charge is 0.457 e. The summed E-state index contributed by atoms with van der Waals surface area (Å²) in [7, 11) is 2.16. The molecule has 10 rings (SSSR count). The van der Waals surface area contributed by atoms with Gasteiger partial charge in [0, 0.05) is 63.8 Å². The second kappa shape index (κ2) is 11.8. The first-order valence-electron chi connectivity index (χ1n) is 18.2. The molecular formula is C47H39N5O. The molecule has 0 unspecified atom stereocenters. The van der Waals surface area contributed by atoms with Crippen molar-refractivity contribution in [2.24, 2.45) is 7.05 Å². The van der Waals surface area contributed by atoms with Gasteiger partial charge in [0.1, 0.15) is 24.0 Å². The van der Waals surface area contributed by atoms with Gasteiger partial charge in [0.2, 0.25) is 0 Å². The van der Waals surface area contributed by atoms with E-state index in [0.717, 1.165) is 39.7 Å². The van der Waals surface area contributed by atoms with E-state index in [0.29, 0.717) is 6.67 Å². The minimum atomic E-state index is 0.00457. The first kappa shape index (κ1) is 31.2. The van der Waals surface area contributed by atoms with E-state index in [1.54, 1.807) is 0 Å². The number of pyridine rings is 1. The average molecular weight is 690 g/mol. The van der Waals surface area contributed by atoms with Crippen LogP contribution in [-0.2, 0) is 12.5 Å². The Labute approximate surface area is 308 Å². The Morgan fingerprint density at radius 2 is 1.28 bits per heavy atom. The van der Waals surface area contributed by atoms with Crippen LogP contribution in [0.5, 0.6) is 11.5 Å². The number of rotatable bonds is 5. The number of fused-ring (bicyclic) bond motifs is 8. The predicted octanol–water partition coefficient (Wildman–Crippen LogP) is 12.2. The molecule has 0 spiro atoms. The summed E-state index contributed by atoms with van der Waals surface area (Å²) < 4.78 is 11.3. The fraction of sp³-hybridized carbons (Fsp3) is 0.128. The van der Waals surface area contributed by atoms with E-state index in [4.69, 9.17) is 9.72 Å². The smallest absolute Gasteiger partial charge is 0.137 e. The van der Waals surface area contributed by atoms with E-state index >= 15 is 0 Å². The topological polar surface area (TPSA) is 38.5 Å². The number of anilines is 4. The van der Waals surface area contributed by atoms with Crippen LogP contribution in [0.25, 0.3) is 49.4 Å². The molecule has 3 aromatic heterocycles. The quantitative estimate of drug-likeness (QED) is 0.180. The van der Waals surface area contributed by atoms with E-state index in [9.17, 15) is 0 Å². The van der Waals surface area contributed by atoms with Gasteiger partial charge in [-0.15, -0.1) is 0 Å². The molecule has 0 saturated carbocycles. The van der Waals surface area contributed by atoms with Crippen molar-refractivity contribution in [1.29, 1.82) is 0 Å². The summed E-state index contributed by atoms with van der Waals surface area (Å²) in [6.45, 7) is 7.39. The number of nitrogens with zero attached hydrogens (tertiary/aromatic N) is 5. The summed E-state index contributed by atoms with van der Waals surface area (Å²) in [6, 6.07) is 51.6. The summed E-state index contributed by atoms with van der Waals surface area (Å²) in [6.07, 6.45) is 1.92. The van der Waals surface area contributed by atoms with E-state index in [1.807, 2.05) is 12.3 Å². The lowest BCUT2D eigenvalue weighted by Crippen LogP contribution is -2.23. The highest BCUT2D eigenvalue weighted by Gasteiger charge is 2.32. The summed E-state index contributed by atoms with van der Waals surface area (Å²) in [5.41, 5.74) is 10.5.